The maximum atomic E-state index is 10.7. The van der Waals surface area contributed by atoms with Crippen LogP contribution in [0.4, 0.5) is 5.69 Å². The number of rotatable bonds is 4. The number of nitro benzene ring substituents is 1. The highest BCUT2D eigenvalue weighted by molar-refractivity contribution is 6.32. The Hall–Kier alpha value is -0.880. The van der Waals surface area contributed by atoms with Crippen LogP contribution in [0, 0.1) is 10.1 Å². The first-order valence-corrected chi connectivity index (χ1v) is 6.80. The van der Waals surface area contributed by atoms with Gasteiger partial charge in [-0.1, -0.05) is 17.7 Å². The van der Waals surface area contributed by atoms with E-state index in [2.05, 4.69) is 10.2 Å². The quantitative estimate of drug-likeness (QED) is 0.684. The second kappa shape index (κ2) is 7.78. The molecule has 2 rings (SSSR count). The largest absolute Gasteiger partial charge is 0.317 e. The molecule has 20 heavy (non-hydrogen) atoms. The van der Waals surface area contributed by atoms with Gasteiger partial charge in [0, 0.05) is 18.7 Å². The molecular formula is C13H19Cl2N3O2. The van der Waals surface area contributed by atoms with Gasteiger partial charge in [0.25, 0.3) is 5.69 Å². The van der Waals surface area contributed by atoms with Crippen LogP contribution in [-0.4, -0.2) is 36.0 Å². The predicted octanol–water partition coefficient (Wildman–Crippen LogP) is 2.85. The van der Waals surface area contributed by atoms with Crippen molar-refractivity contribution in [3.63, 3.8) is 0 Å². The summed E-state index contributed by atoms with van der Waals surface area (Å²) in [4.78, 5) is 12.6. The molecule has 0 aliphatic carbocycles. The Labute approximate surface area is 129 Å². The van der Waals surface area contributed by atoms with Gasteiger partial charge < -0.3 is 5.32 Å². The van der Waals surface area contributed by atoms with Gasteiger partial charge in [-0.05, 0) is 44.6 Å². The first-order chi connectivity index (χ1) is 9.10. The average molecular weight is 320 g/mol. The zero-order valence-corrected chi connectivity index (χ0v) is 12.9. The Morgan fingerprint density at radius 3 is 2.60 bits per heavy atom. The summed E-state index contributed by atoms with van der Waals surface area (Å²) >= 11 is 5.92. The molecule has 1 heterocycles. The molecular weight excluding hydrogens is 301 g/mol. The second-order valence-corrected chi connectivity index (χ2v) is 5.29. The van der Waals surface area contributed by atoms with E-state index in [1.165, 1.54) is 6.07 Å². The van der Waals surface area contributed by atoms with Crippen LogP contribution < -0.4 is 5.32 Å². The van der Waals surface area contributed by atoms with E-state index < -0.39 is 4.92 Å². The standard InChI is InChI=1S/C13H18ClN3O2.ClH/c1-15-11-4-6-16(7-5-11)9-10-2-3-13(17(18)19)12(14)8-10;/h2-3,8,11,15H,4-7,9H2,1H3;1H. The topological polar surface area (TPSA) is 58.4 Å². The van der Waals surface area contributed by atoms with Gasteiger partial charge in [-0.2, -0.15) is 0 Å². The fourth-order valence-electron chi connectivity index (χ4n) is 2.43. The lowest BCUT2D eigenvalue weighted by Gasteiger charge is -2.31. The molecule has 5 nitrogen and oxygen atoms in total. The summed E-state index contributed by atoms with van der Waals surface area (Å²) in [6.45, 7) is 2.88. The molecule has 1 fully saturated rings. The summed E-state index contributed by atoms with van der Waals surface area (Å²) in [6, 6.07) is 5.58. The number of nitrogens with one attached hydrogen (secondary N) is 1. The predicted molar refractivity (Wildman–Crippen MR) is 82.7 cm³/mol. The zero-order valence-electron chi connectivity index (χ0n) is 11.3. The van der Waals surface area contributed by atoms with Crippen molar-refractivity contribution >= 4 is 29.7 Å². The second-order valence-electron chi connectivity index (χ2n) is 4.88. The molecule has 1 aromatic rings. The van der Waals surface area contributed by atoms with Crippen molar-refractivity contribution in [2.24, 2.45) is 0 Å². The fraction of sp³-hybridized carbons (Fsp3) is 0.538. The third kappa shape index (κ3) is 4.31. The summed E-state index contributed by atoms with van der Waals surface area (Å²) in [5, 5.41) is 14.2. The van der Waals surface area contributed by atoms with Crippen LogP contribution in [0.25, 0.3) is 0 Å². The zero-order chi connectivity index (χ0) is 13.8. The number of hydrogen-bond acceptors (Lipinski definition) is 4. The number of halogens is 2. The van der Waals surface area contributed by atoms with Crippen LogP contribution in [0.2, 0.25) is 5.02 Å². The van der Waals surface area contributed by atoms with Gasteiger partial charge in [0.2, 0.25) is 0 Å². The minimum atomic E-state index is -0.454. The Bertz CT molecular complexity index is 463. The summed E-state index contributed by atoms with van der Waals surface area (Å²) in [5.41, 5.74) is 0.998. The average Bonchev–Trinajstić information content (AvgIpc) is 2.39. The molecule has 1 aliphatic rings. The van der Waals surface area contributed by atoms with Crippen molar-refractivity contribution in [1.29, 1.82) is 0 Å². The maximum absolute atomic E-state index is 10.7. The molecule has 0 aromatic heterocycles. The maximum Gasteiger partial charge on any atom is 0.287 e. The van der Waals surface area contributed by atoms with E-state index in [4.69, 9.17) is 11.6 Å². The highest BCUT2D eigenvalue weighted by atomic mass is 35.5. The van der Waals surface area contributed by atoms with E-state index in [1.807, 2.05) is 7.05 Å². The molecule has 0 atom stereocenters. The Balaban J connectivity index is 0.00000200. The number of benzene rings is 1. The van der Waals surface area contributed by atoms with Gasteiger partial charge in [-0.25, -0.2) is 0 Å². The van der Waals surface area contributed by atoms with Crippen molar-refractivity contribution < 1.29 is 4.92 Å². The summed E-state index contributed by atoms with van der Waals surface area (Å²) in [7, 11) is 2.00. The van der Waals surface area contributed by atoms with Crippen LogP contribution in [0.15, 0.2) is 18.2 Å². The van der Waals surface area contributed by atoms with Gasteiger partial charge in [0.1, 0.15) is 5.02 Å². The third-order valence-electron chi connectivity index (χ3n) is 3.61. The number of hydrogen-bond donors (Lipinski definition) is 1. The lowest BCUT2D eigenvalue weighted by molar-refractivity contribution is -0.384. The highest BCUT2D eigenvalue weighted by Gasteiger charge is 2.18. The van der Waals surface area contributed by atoms with Crippen LogP contribution in [0.3, 0.4) is 0 Å². The van der Waals surface area contributed by atoms with Crippen molar-refractivity contribution in [1.82, 2.24) is 10.2 Å². The van der Waals surface area contributed by atoms with E-state index in [1.54, 1.807) is 12.1 Å². The number of likely N-dealkylation sites (tertiary alicyclic amines) is 1. The Kier molecular flexibility index (Phi) is 6.68. The monoisotopic (exact) mass is 319 g/mol. The van der Waals surface area contributed by atoms with Crippen molar-refractivity contribution in [2.45, 2.75) is 25.4 Å². The molecule has 1 aliphatic heterocycles. The van der Waals surface area contributed by atoms with E-state index in [-0.39, 0.29) is 23.1 Å². The van der Waals surface area contributed by atoms with Gasteiger partial charge in [-0.3, -0.25) is 15.0 Å². The number of piperidine rings is 1. The molecule has 0 amide bonds. The van der Waals surface area contributed by atoms with E-state index in [0.717, 1.165) is 38.0 Å². The minimum Gasteiger partial charge on any atom is -0.317 e. The molecule has 0 radical (unpaired) electrons. The summed E-state index contributed by atoms with van der Waals surface area (Å²) in [6.07, 6.45) is 2.27. The molecule has 0 spiro atoms. The van der Waals surface area contributed by atoms with Crippen LogP contribution >= 0.6 is 24.0 Å². The summed E-state index contributed by atoms with van der Waals surface area (Å²) in [5.74, 6) is 0. The minimum absolute atomic E-state index is 0. The van der Waals surface area contributed by atoms with Gasteiger partial charge in [-0.15, -0.1) is 12.4 Å². The Morgan fingerprint density at radius 2 is 2.10 bits per heavy atom. The lowest BCUT2D eigenvalue weighted by atomic mass is 10.0. The van der Waals surface area contributed by atoms with Gasteiger partial charge >= 0.3 is 0 Å². The Morgan fingerprint density at radius 1 is 1.45 bits per heavy atom. The molecule has 0 bridgehead atoms. The van der Waals surface area contributed by atoms with E-state index in [9.17, 15) is 10.1 Å². The molecule has 112 valence electrons. The van der Waals surface area contributed by atoms with Crippen molar-refractivity contribution in [2.75, 3.05) is 20.1 Å². The van der Waals surface area contributed by atoms with E-state index in [0.29, 0.717) is 6.04 Å². The SMILES string of the molecule is CNC1CCN(Cc2ccc([N+](=O)[O-])c(Cl)c2)CC1.Cl. The molecule has 7 heteroatoms. The van der Waals surface area contributed by atoms with Gasteiger partial charge in [0.05, 0.1) is 4.92 Å². The molecule has 1 saturated heterocycles. The highest BCUT2D eigenvalue weighted by Crippen LogP contribution is 2.26. The summed E-state index contributed by atoms with van der Waals surface area (Å²) < 4.78 is 0. The fourth-order valence-corrected chi connectivity index (χ4v) is 2.71. The van der Waals surface area contributed by atoms with Crippen LogP contribution in [0.5, 0.6) is 0 Å². The van der Waals surface area contributed by atoms with E-state index >= 15 is 0 Å². The van der Waals surface area contributed by atoms with Crippen molar-refractivity contribution in [3.05, 3.63) is 38.9 Å². The first kappa shape index (κ1) is 17.2. The van der Waals surface area contributed by atoms with Crippen LogP contribution in [-0.2, 0) is 6.54 Å². The normalized spacial score (nSPS) is 16.7. The number of nitrogens with zero attached hydrogens (tertiary/aromatic N) is 2. The molecule has 0 unspecified atom stereocenters. The van der Waals surface area contributed by atoms with Crippen LogP contribution in [0.1, 0.15) is 18.4 Å². The molecule has 0 saturated carbocycles. The third-order valence-corrected chi connectivity index (χ3v) is 3.91. The first-order valence-electron chi connectivity index (χ1n) is 6.42. The smallest absolute Gasteiger partial charge is 0.287 e. The van der Waals surface area contributed by atoms with Crippen molar-refractivity contribution in [3.8, 4) is 0 Å². The molecule has 1 aromatic carbocycles. The lowest BCUT2D eigenvalue weighted by Crippen LogP contribution is -2.40. The molecule has 1 N–H and O–H groups in total. The van der Waals surface area contributed by atoms with Gasteiger partial charge in [0.15, 0.2) is 0 Å². The number of nitro groups is 1.